The van der Waals surface area contributed by atoms with Gasteiger partial charge in [0.05, 0.1) is 6.54 Å². The third-order valence-electron chi connectivity index (χ3n) is 3.41. The van der Waals surface area contributed by atoms with Gasteiger partial charge in [-0.1, -0.05) is 19.0 Å². The normalized spacial score (nSPS) is 12.8. The number of nitrogens with zero attached hydrogens (tertiary/aromatic N) is 2. The summed E-state index contributed by atoms with van der Waals surface area (Å²) < 4.78 is 4.95. The SMILES string of the molecule is CCN(CC)CCCC(C)NCc1cc(C(=O)O)no1. The summed E-state index contributed by atoms with van der Waals surface area (Å²) in [5.74, 6) is -0.509. The molecule has 1 rings (SSSR count). The monoisotopic (exact) mass is 283 g/mol. The van der Waals surface area contributed by atoms with Crippen molar-refractivity contribution in [2.45, 2.75) is 46.2 Å². The number of hydrogen-bond donors (Lipinski definition) is 2. The topological polar surface area (TPSA) is 78.6 Å². The number of hydrogen-bond acceptors (Lipinski definition) is 5. The fourth-order valence-corrected chi connectivity index (χ4v) is 2.03. The number of nitrogens with one attached hydrogen (secondary N) is 1. The Bertz CT molecular complexity index is 402. The Morgan fingerprint density at radius 1 is 1.50 bits per heavy atom. The largest absolute Gasteiger partial charge is 0.476 e. The predicted octanol–water partition coefficient (Wildman–Crippen LogP) is 1.97. The van der Waals surface area contributed by atoms with Gasteiger partial charge in [-0.15, -0.1) is 0 Å². The molecule has 0 aliphatic carbocycles. The summed E-state index contributed by atoms with van der Waals surface area (Å²) >= 11 is 0. The minimum Gasteiger partial charge on any atom is -0.476 e. The van der Waals surface area contributed by atoms with Gasteiger partial charge >= 0.3 is 5.97 Å². The molecule has 1 aromatic rings. The number of carboxylic acid groups (broad SMARTS) is 1. The van der Waals surface area contributed by atoms with E-state index in [9.17, 15) is 4.79 Å². The molecule has 0 bridgehead atoms. The van der Waals surface area contributed by atoms with Gasteiger partial charge in [-0.05, 0) is 39.4 Å². The molecule has 0 saturated heterocycles. The van der Waals surface area contributed by atoms with Gasteiger partial charge in [0.1, 0.15) is 0 Å². The first-order valence-corrected chi connectivity index (χ1v) is 7.21. The van der Waals surface area contributed by atoms with Crippen LogP contribution in [0.2, 0.25) is 0 Å². The summed E-state index contributed by atoms with van der Waals surface area (Å²) in [5.41, 5.74) is -0.0454. The Morgan fingerprint density at radius 3 is 2.75 bits per heavy atom. The molecule has 20 heavy (non-hydrogen) atoms. The molecule has 0 spiro atoms. The second-order valence-electron chi connectivity index (χ2n) is 4.93. The van der Waals surface area contributed by atoms with Gasteiger partial charge in [0.25, 0.3) is 0 Å². The van der Waals surface area contributed by atoms with Gasteiger partial charge < -0.3 is 19.8 Å². The first-order chi connectivity index (χ1) is 9.56. The lowest BCUT2D eigenvalue weighted by Gasteiger charge is -2.19. The molecule has 0 fully saturated rings. The Hall–Kier alpha value is -1.40. The lowest BCUT2D eigenvalue weighted by molar-refractivity contribution is 0.0685. The van der Waals surface area contributed by atoms with E-state index in [0.29, 0.717) is 18.3 Å². The summed E-state index contributed by atoms with van der Waals surface area (Å²) in [5, 5.41) is 15.5. The number of aromatic nitrogens is 1. The van der Waals surface area contributed by atoms with Crippen LogP contribution in [0.25, 0.3) is 0 Å². The van der Waals surface area contributed by atoms with E-state index in [1.54, 1.807) is 0 Å². The van der Waals surface area contributed by atoms with Crippen LogP contribution < -0.4 is 5.32 Å². The maximum absolute atomic E-state index is 10.7. The highest BCUT2D eigenvalue weighted by Gasteiger charge is 2.11. The number of aromatic carboxylic acids is 1. The molecule has 0 amide bonds. The fourth-order valence-electron chi connectivity index (χ4n) is 2.03. The van der Waals surface area contributed by atoms with E-state index < -0.39 is 5.97 Å². The van der Waals surface area contributed by atoms with Crippen molar-refractivity contribution in [1.29, 1.82) is 0 Å². The number of carbonyl (C=O) groups is 1. The Labute approximate surface area is 120 Å². The van der Waals surface area contributed by atoms with Crippen LogP contribution >= 0.6 is 0 Å². The van der Waals surface area contributed by atoms with E-state index in [0.717, 1.165) is 32.5 Å². The molecule has 1 atom stereocenters. The molecular weight excluding hydrogens is 258 g/mol. The molecule has 0 radical (unpaired) electrons. The molecule has 0 aromatic carbocycles. The average molecular weight is 283 g/mol. The predicted molar refractivity (Wildman–Crippen MR) is 76.8 cm³/mol. The van der Waals surface area contributed by atoms with Gasteiger partial charge in [-0.3, -0.25) is 0 Å². The van der Waals surface area contributed by atoms with Crippen LogP contribution in [-0.2, 0) is 6.54 Å². The number of rotatable bonds is 10. The van der Waals surface area contributed by atoms with Gasteiger partial charge in [0.2, 0.25) is 0 Å². The first-order valence-electron chi connectivity index (χ1n) is 7.21. The third kappa shape index (κ3) is 5.71. The first kappa shape index (κ1) is 16.7. The second-order valence-corrected chi connectivity index (χ2v) is 4.93. The van der Waals surface area contributed by atoms with Crippen molar-refractivity contribution in [2.75, 3.05) is 19.6 Å². The molecular formula is C14H25N3O3. The zero-order valence-electron chi connectivity index (χ0n) is 12.6. The van der Waals surface area contributed by atoms with Crippen LogP contribution in [0.3, 0.4) is 0 Å². The summed E-state index contributed by atoms with van der Waals surface area (Å²) in [4.78, 5) is 13.1. The zero-order chi connectivity index (χ0) is 15.0. The van der Waals surface area contributed by atoms with Crippen LogP contribution in [0.1, 0.15) is 49.9 Å². The van der Waals surface area contributed by atoms with Crippen molar-refractivity contribution >= 4 is 5.97 Å². The Kier molecular flexibility index (Phi) is 7.25. The summed E-state index contributed by atoms with van der Waals surface area (Å²) in [6.45, 7) is 10.3. The highest BCUT2D eigenvalue weighted by atomic mass is 16.5. The van der Waals surface area contributed by atoms with Crippen molar-refractivity contribution in [3.05, 3.63) is 17.5 Å². The minimum absolute atomic E-state index is 0.0454. The highest BCUT2D eigenvalue weighted by Crippen LogP contribution is 2.05. The fraction of sp³-hybridized carbons (Fsp3) is 0.714. The summed E-state index contributed by atoms with van der Waals surface area (Å²) in [7, 11) is 0. The average Bonchev–Trinajstić information content (AvgIpc) is 2.90. The standard InChI is InChI=1S/C14H25N3O3/c1-4-17(5-2)8-6-7-11(3)15-10-12-9-13(14(18)19)16-20-12/h9,11,15H,4-8,10H2,1-3H3,(H,18,19). The van der Waals surface area contributed by atoms with E-state index in [1.807, 2.05) is 0 Å². The van der Waals surface area contributed by atoms with Crippen LogP contribution in [-0.4, -0.2) is 46.8 Å². The van der Waals surface area contributed by atoms with Gasteiger partial charge in [0.15, 0.2) is 11.5 Å². The molecule has 0 saturated carbocycles. The zero-order valence-corrected chi connectivity index (χ0v) is 12.6. The smallest absolute Gasteiger partial charge is 0.358 e. The lowest BCUT2D eigenvalue weighted by atomic mass is 10.1. The second kappa shape index (κ2) is 8.71. The number of carboxylic acids is 1. The maximum Gasteiger partial charge on any atom is 0.358 e. The molecule has 0 aliphatic rings. The van der Waals surface area contributed by atoms with E-state index in [2.05, 4.69) is 36.1 Å². The molecule has 0 aliphatic heterocycles. The van der Waals surface area contributed by atoms with Crippen LogP contribution in [0, 0.1) is 0 Å². The molecule has 1 heterocycles. The van der Waals surface area contributed by atoms with E-state index >= 15 is 0 Å². The molecule has 114 valence electrons. The summed E-state index contributed by atoms with van der Waals surface area (Å²) in [6, 6.07) is 1.82. The van der Waals surface area contributed by atoms with E-state index in [-0.39, 0.29) is 5.69 Å². The van der Waals surface area contributed by atoms with Crippen LogP contribution in [0.4, 0.5) is 0 Å². The Morgan fingerprint density at radius 2 is 2.20 bits per heavy atom. The quantitative estimate of drug-likeness (QED) is 0.683. The van der Waals surface area contributed by atoms with Gasteiger partial charge in [-0.25, -0.2) is 4.79 Å². The maximum atomic E-state index is 10.7. The van der Waals surface area contributed by atoms with Crippen LogP contribution in [0.15, 0.2) is 10.6 Å². The van der Waals surface area contributed by atoms with Crippen molar-refractivity contribution in [3.63, 3.8) is 0 Å². The highest BCUT2D eigenvalue weighted by molar-refractivity contribution is 5.85. The molecule has 1 aromatic heterocycles. The minimum atomic E-state index is -1.06. The van der Waals surface area contributed by atoms with E-state index in [4.69, 9.17) is 9.63 Å². The van der Waals surface area contributed by atoms with Crippen molar-refractivity contribution < 1.29 is 14.4 Å². The molecule has 6 nitrogen and oxygen atoms in total. The van der Waals surface area contributed by atoms with Crippen molar-refractivity contribution in [1.82, 2.24) is 15.4 Å². The van der Waals surface area contributed by atoms with Crippen molar-refractivity contribution in [2.24, 2.45) is 0 Å². The molecule has 1 unspecified atom stereocenters. The van der Waals surface area contributed by atoms with Crippen molar-refractivity contribution in [3.8, 4) is 0 Å². The Balaban J connectivity index is 2.22. The van der Waals surface area contributed by atoms with Gasteiger partial charge in [-0.2, -0.15) is 0 Å². The lowest BCUT2D eigenvalue weighted by Crippen LogP contribution is -2.28. The van der Waals surface area contributed by atoms with Gasteiger partial charge in [0, 0.05) is 12.1 Å². The van der Waals surface area contributed by atoms with Crippen LogP contribution in [0.5, 0.6) is 0 Å². The molecule has 6 heteroatoms. The van der Waals surface area contributed by atoms with E-state index in [1.165, 1.54) is 6.07 Å². The molecule has 2 N–H and O–H groups in total. The summed E-state index contributed by atoms with van der Waals surface area (Å²) in [6.07, 6.45) is 2.23. The third-order valence-corrected chi connectivity index (χ3v) is 3.41.